The van der Waals surface area contributed by atoms with Crippen molar-refractivity contribution in [3.63, 3.8) is 0 Å². The monoisotopic (exact) mass is 325 g/mol. The lowest BCUT2D eigenvalue weighted by molar-refractivity contribution is 0.235. The predicted molar refractivity (Wildman–Crippen MR) is 88.0 cm³/mol. The molecule has 1 unspecified atom stereocenters. The van der Waals surface area contributed by atoms with E-state index in [-0.39, 0.29) is 6.10 Å². The summed E-state index contributed by atoms with van der Waals surface area (Å²) in [6, 6.07) is 12.9. The Balaban J connectivity index is 1.94. The number of benzene rings is 2. The molecule has 0 saturated heterocycles. The fourth-order valence-corrected chi connectivity index (χ4v) is 2.33. The first-order valence-corrected chi connectivity index (χ1v) is 7.34. The number of ether oxygens (including phenoxy) is 2. The highest BCUT2D eigenvalue weighted by molar-refractivity contribution is 6.35. The minimum Gasteiger partial charge on any atom is -0.495 e. The van der Waals surface area contributed by atoms with Crippen molar-refractivity contribution in [2.45, 2.75) is 13.0 Å². The number of rotatable bonds is 6. The Morgan fingerprint density at radius 1 is 1.10 bits per heavy atom. The molecule has 21 heavy (non-hydrogen) atoms. The molecule has 0 amide bonds. The molecule has 0 bridgehead atoms. The minimum atomic E-state index is -0.0615. The van der Waals surface area contributed by atoms with Crippen molar-refractivity contribution in [2.75, 3.05) is 19.0 Å². The molecule has 1 atom stereocenters. The normalized spacial score (nSPS) is 11.8. The van der Waals surface area contributed by atoms with Crippen LogP contribution in [0.1, 0.15) is 6.92 Å². The third-order valence-electron chi connectivity index (χ3n) is 2.91. The van der Waals surface area contributed by atoms with Gasteiger partial charge in [0.1, 0.15) is 17.6 Å². The van der Waals surface area contributed by atoms with Gasteiger partial charge in [0.15, 0.2) is 0 Å². The molecule has 0 aliphatic carbocycles. The minimum absolute atomic E-state index is 0.0615. The topological polar surface area (TPSA) is 30.5 Å². The van der Waals surface area contributed by atoms with Crippen LogP contribution < -0.4 is 14.8 Å². The Hall–Kier alpha value is -1.58. The second-order valence-corrected chi connectivity index (χ2v) is 5.43. The van der Waals surface area contributed by atoms with Crippen molar-refractivity contribution >= 4 is 28.9 Å². The second kappa shape index (κ2) is 7.43. The van der Waals surface area contributed by atoms with E-state index in [2.05, 4.69) is 5.32 Å². The summed E-state index contributed by atoms with van der Waals surface area (Å²) in [5.41, 5.74) is 0.928. The fourth-order valence-electron chi connectivity index (χ4n) is 1.87. The van der Waals surface area contributed by atoms with Gasteiger partial charge in [-0.3, -0.25) is 0 Å². The van der Waals surface area contributed by atoms with E-state index in [4.69, 9.17) is 32.7 Å². The summed E-state index contributed by atoms with van der Waals surface area (Å²) in [6.45, 7) is 2.59. The maximum atomic E-state index is 6.09. The second-order valence-electron chi connectivity index (χ2n) is 4.58. The van der Waals surface area contributed by atoms with Gasteiger partial charge in [0, 0.05) is 5.02 Å². The van der Waals surface area contributed by atoms with E-state index in [1.54, 1.807) is 25.3 Å². The molecule has 0 fully saturated rings. The largest absolute Gasteiger partial charge is 0.495 e. The number of methoxy groups -OCH3 is 1. The zero-order valence-corrected chi connectivity index (χ0v) is 13.4. The molecule has 0 heterocycles. The van der Waals surface area contributed by atoms with Crippen molar-refractivity contribution < 1.29 is 9.47 Å². The third kappa shape index (κ3) is 4.45. The molecule has 2 aromatic carbocycles. The average Bonchev–Trinajstić information content (AvgIpc) is 2.48. The van der Waals surface area contributed by atoms with Gasteiger partial charge in [0.2, 0.25) is 0 Å². The van der Waals surface area contributed by atoms with Crippen molar-refractivity contribution in [2.24, 2.45) is 0 Å². The molecule has 0 aliphatic heterocycles. The van der Waals surface area contributed by atoms with Crippen LogP contribution in [0.2, 0.25) is 10.0 Å². The molecular formula is C16H17Cl2NO2. The van der Waals surface area contributed by atoms with Crippen LogP contribution in [0.5, 0.6) is 11.5 Å². The van der Waals surface area contributed by atoms with Crippen LogP contribution in [-0.4, -0.2) is 19.8 Å². The van der Waals surface area contributed by atoms with Crippen LogP contribution in [0.3, 0.4) is 0 Å². The van der Waals surface area contributed by atoms with Crippen LogP contribution in [0.4, 0.5) is 5.69 Å². The lowest BCUT2D eigenvalue weighted by Gasteiger charge is -2.18. The lowest BCUT2D eigenvalue weighted by Crippen LogP contribution is -2.23. The van der Waals surface area contributed by atoms with Gasteiger partial charge in [-0.1, -0.05) is 35.3 Å². The van der Waals surface area contributed by atoms with Crippen molar-refractivity contribution in [3.8, 4) is 11.5 Å². The first-order chi connectivity index (χ1) is 10.1. The molecule has 3 nitrogen and oxygen atoms in total. The summed E-state index contributed by atoms with van der Waals surface area (Å²) < 4.78 is 11.1. The molecule has 112 valence electrons. The highest BCUT2D eigenvalue weighted by Crippen LogP contribution is 2.28. The van der Waals surface area contributed by atoms with Gasteiger partial charge in [0.05, 0.1) is 24.4 Å². The van der Waals surface area contributed by atoms with Crippen LogP contribution >= 0.6 is 23.2 Å². The van der Waals surface area contributed by atoms with Gasteiger partial charge in [-0.05, 0) is 37.3 Å². The van der Waals surface area contributed by atoms with Crippen molar-refractivity contribution in [1.82, 2.24) is 0 Å². The van der Waals surface area contributed by atoms with Gasteiger partial charge in [-0.2, -0.15) is 0 Å². The number of hydrogen-bond acceptors (Lipinski definition) is 3. The van der Waals surface area contributed by atoms with Gasteiger partial charge in [-0.15, -0.1) is 0 Å². The van der Waals surface area contributed by atoms with Crippen molar-refractivity contribution in [1.29, 1.82) is 0 Å². The van der Waals surface area contributed by atoms with Crippen LogP contribution in [0.15, 0.2) is 42.5 Å². The standard InChI is InChI=1S/C16H17Cl2NO2/c1-11(21-15-8-7-12(17)9-13(15)18)10-19-14-5-3-4-6-16(14)20-2/h3-9,11,19H,10H2,1-2H3. The summed E-state index contributed by atoms with van der Waals surface area (Å²) in [6.07, 6.45) is -0.0615. The maximum Gasteiger partial charge on any atom is 0.141 e. The predicted octanol–water partition coefficient (Wildman–Crippen LogP) is 4.88. The molecule has 0 radical (unpaired) electrons. The Bertz CT molecular complexity index is 605. The Labute approximate surface area is 134 Å². The smallest absolute Gasteiger partial charge is 0.141 e. The van der Waals surface area contributed by atoms with Gasteiger partial charge < -0.3 is 14.8 Å². The summed E-state index contributed by atoms with van der Waals surface area (Å²) in [5, 5.41) is 4.39. The molecular weight excluding hydrogens is 309 g/mol. The number of hydrogen-bond donors (Lipinski definition) is 1. The Morgan fingerprint density at radius 2 is 1.86 bits per heavy atom. The maximum absolute atomic E-state index is 6.09. The first kappa shape index (κ1) is 15.8. The SMILES string of the molecule is COc1ccccc1NCC(C)Oc1ccc(Cl)cc1Cl. The summed E-state index contributed by atoms with van der Waals surface area (Å²) in [5.74, 6) is 1.42. The van der Waals surface area contributed by atoms with Crippen molar-refractivity contribution in [3.05, 3.63) is 52.5 Å². The molecule has 0 saturated carbocycles. The number of halogens is 2. The van der Waals surface area contributed by atoms with Crippen LogP contribution in [0, 0.1) is 0 Å². The quantitative estimate of drug-likeness (QED) is 0.820. The van der Waals surface area contributed by atoms with E-state index in [1.165, 1.54) is 0 Å². The zero-order chi connectivity index (χ0) is 15.2. The van der Waals surface area contributed by atoms with Crippen LogP contribution in [0.25, 0.3) is 0 Å². The fraction of sp³-hybridized carbons (Fsp3) is 0.250. The molecule has 2 aromatic rings. The molecule has 0 aliphatic rings. The summed E-state index contributed by atoms with van der Waals surface area (Å²) >= 11 is 12.0. The number of anilines is 1. The van der Waals surface area contributed by atoms with Gasteiger partial charge in [-0.25, -0.2) is 0 Å². The highest BCUT2D eigenvalue weighted by atomic mass is 35.5. The van der Waals surface area contributed by atoms with Crippen LogP contribution in [-0.2, 0) is 0 Å². The lowest BCUT2D eigenvalue weighted by atomic mass is 10.2. The first-order valence-electron chi connectivity index (χ1n) is 6.58. The van der Waals surface area contributed by atoms with E-state index in [1.807, 2.05) is 31.2 Å². The van der Waals surface area contributed by atoms with E-state index in [9.17, 15) is 0 Å². The van der Waals surface area contributed by atoms with E-state index in [0.717, 1.165) is 11.4 Å². The average molecular weight is 326 g/mol. The van der Waals surface area contributed by atoms with Gasteiger partial charge >= 0.3 is 0 Å². The molecule has 1 N–H and O–H groups in total. The molecule has 0 aromatic heterocycles. The number of para-hydroxylation sites is 2. The highest BCUT2D eigenvalue weighted by Gasteiger charge is 2.09. The molecule has 2 rings (SSSR count). The van der Waals surface area contributed by atoms with E-state index >= 15 is 0 Å². The Kier molecular flexibility index (Phi) is 5.59. The van der Waals surface area contributed by atoms with E-state index < -0.39 is 0 Å². The van der Waals surface area contributed by atoms with E-state index in [0.29, 0.717) is 22.3 Å². The Morgan fingerprint density at radius 3 is 2.57 bits per heavy atom. The van der Waals surface area contributed by atoms with Gasteiger partial charge in [0.25, 0.3) is 0 Å². The summed E-state index contributed by atoms with van der Waals surface area (Å²) in [4.78, 5) is 0. The number of nitrogens with one attached hydrogen (secondary N) is 1. The third-order valence-corrected chi connectivity index (χ3v) is 3.44. The molecule has 0 spiro atoms. The summed E-state index contributed by atoms with van der Waals surface area (Å²) in [7, 11) is 1.65. The zero-order valence-electron chi connectivity index (χ0n) is 11.9. The molecule has 5 heteroatoms.